The molecule has 3 rings (SSSR count). The number of amides is 1. The maximum absolute atomic E-state index is 13.9. The van der Waals surface area contributed by atoms with Gasteiger partial charge in [-0.25, -0.2) is 4.39 Å². The van der Waals surface area contributed by atoms with Crippen LogP contribution in [0.25, 0.3) is 0 Å². The molecule has 2 heterocycles. The minimum Gasteiger partial charge on any atom is -0.495 e. The second kappa shape index (κ2) is 5.90. The molecule has 1 aromatic rings. The molecular formula is C14H16BrFN2O3. The number of ether oxygens (including phenoxy) is 2. The number of rotatable bonds is 2. The van der Waals surface area contributed by atoms with Gasteiger partial charge in [-0.15, -0.1) is 0 Å². The Balaban J connectivity index is 2.03. The number of halogens is 2. The van der Waals surface area contributed by atoms with Gasteiger partial charge in [-0.05, 0) is 35.0 Å². The van der Waals surface area contributed by atoms with E-state index in [2.05, 4.69) is 21.2 Å². The van der Waals surface area contributed by atoms with Crippen LogP contribution in [-0.2, 0) is 9.53 Å². The molecule has 1 amide bonds. The lowest BCUT2D eigenvalue weighted by Crippen LogP contribution is -2.61. The van der Waals surface area contributed by atoms with Crippen LogP contribution < -0.4 is 15.0 Å². The Kier molecular flexibility index (Phi) is 4.14. The van der Waals surface area contributed by atoms with Crippen molar-refractivity contribution in [1.29, 1.82) is 0 Å². The zero-order chi connectivity index (χ0) is 15.0. The third-order valence-corrected chi connectivity index (χ3v) is 4.50. The van der Waals surface area contributed by atoms with E-state index in [1.165, 1.54) is 13.2 Å². The van der Waals surface area contributed by atoms with Crippen LogP contribution >= 0.6 is 15.9 Å². The summed E-state index contributed by atoms with van der Waals surface area (Å²) in [6.07, 6.45) is 0.685. The summed E-state index contributed by atoms with van der Waals surface area (Å²) in [5, 5.41) is 3.24. The van der Waals surface area contributed by atoms with Crippen LogP contribution in [-0.4, -0.2) is 44.9 Å². The number of methoxy groups -OCH3 is 1. The minimum absolute atomic E-state index is 0.00365. The van der Waals surface area contributed by atoms with E-state index in [0.29, 0.717) is 22.5 Å². The van der Waals surface area contributed by atoms with Gasteiger partial charge in [-0.3, -0.25) is 4.79 Å². The van der Waals surface area contributed by atoms with Crippen molar-refractivity contribution < 1.29 is 18.7 Å². The van der Waals surface area contributed by atoms with Crippen molar-refractivity contribution in [2.75, 3.05) is 31.7 Å². The van der Waals surface area contributed by atoms with Crippen LogP contribution in [0.1, 0.15) is 6.42 Å². The van der Waals surface area contributed by atoms with E-state index in [1.54, 1.807) is 11.0 Å². The summed E-state index contributed by atoms with van der Waals surface area (Å²) in [5.41, 5.74) is 0.461. The normalized spacial score (nSPS) is 25.7. The molecule has 0 radical (unpaired) electrons. The number of benzene rings is 1. The highest BCUT2D eigenvalue weighted by Gasteiger charge is 2.40. The molecule has 2 aliphatic rings. The topological polar surface area (TPSA) is 50.8 Å². The number of carbonyl (C=O) groups is 1. The van der Waals surface area contributed by atoms with Gasteiger partial charge in [0.15, 0.2) is 0 Å². The molecule has 2 fully saturated rings. The first-order valence-electron chi connectivity index (χ1n) is 6.79. The first kappa shape index (κ1) is 14.7. The average Bonchev–Trinajstić information content (AvgIpc) is 2.50. The molecule has 114 valence electrons. The van der Waals surface area contributed by atoms with Gasteiger partial charge >= 0.3 is 0 Å². The third-order valence-electron chi connectivity index (χ3n) is 3.89. The van der Waals surface area contributed by atoms with Crippen LogP contribution in [0.2, 0.25) is 0 Å². The quantitative estimate of drug-likeness (QED) is 0.873. The number of fused-ring (bicyclic) bond motifs is 1. The Labute approximate surface area is 130 Å². The number of morpholine rings is 1. The smallest absolute Gasteiger partial charge is 0.253 e. The predicted octanol–water partition coefficient (Wildman–Crippen LogP) is 1.69. The van der Waals surface area contributed by atoms with Gasteiger partial charge in [0.25, 0.3) is 5.91 Å². The van der Waals surface area contributed by atoms with E-state index < -0.39 is 5.82 Å². The van der Waals surface area contributed by atoms with E-state index in [1.807, 2.05) is 0 Å². The molecular weight excluding hydrogens is 343 g/mol. The Morgan fingerprint density at radius 2 is 2.33 bits per heavy atom. The Morgan fingerprint density at radius 1 is 1.52 bits per heavy atom. The second-order valence-electron chi connectivity index (χ2n) is 5.11. The molecule has 2 saturated heterocycles. The van der Waals surface area contributed by atoms with Crippen molar-refractivity contribution >= 4 is 27.5 Å². The number of nitrogens with zero attached hydrogens (tertiary/aromatic N) is 1. The predicted molar refractivity (Wildman–Crippen MR) is 79.2 cm³/mol. The van der Waals surface area contributed by atoms with Crippen LogP contribution in [0.5, 0.6) is 5.75 Å². The summed E-state index contributed by atoms with van der Waals surface area (Å²) in [6, 6.07) is 2.79. The molecule has 0 spiro atoms. The van der Waals surface area contributed by atoms with Crippen molar-refractivity contribution in [3.63, 3.8) is 0 Å². The van der Waals surface area contributed by atoms with Crippen LogP contribution in [0, 0.1) is 5.82 Å². The summed E-state index contributed by atoms with van der Waals surface area (Å²) in [5.74, 6) is -0.121. The van der Waals surface area contributed by atoms with Gasteiger partial charge in [0, 0.05) is 12.6 Å². The van der Waals surface area contributed by atoms with Gasteiger partial charge in [-0.2, -0.15) is 0 Å². The molecule has 1 aromatic carbocycles. The highest BCUT2D eigenvalue weighted by atomic mass is 79.9. The number of carbonyl (C=O) groups excluding carboxylic acids is 1. The maximum Gasteiger partial charge on any atom is 0.253 e. The summed E-state index contributed by atoms with van der Waals surface area (Å²) >= 11 is 3.14. The molecule has 0 aliphatic carbocycles. The van der Waals surface area contributed by atoms with Gasteiger partial charge < -0.3 is 19.7 Å². The minimum atomic E-state index is -0.421. The molecule has 0 aromatic heterocycles. The van der Waals surface area contributed by atoms with Crippen LogP contribution in [0.3, 0.4) is 0 Å². The Hall–Kier alpha value is -1.18. The lowest BCUT2D eigenvalue weighted by atomic mass is 9.98. The van der Waals surface area contributed by atoms with E-state index in [0.717, 1.165) is 13.0 Å². The van der Waals surface area contributed by atoms with E-state index in [4.69, 9.17) is 9.47 Å². The second-order valence-corrected chi connectivity index (χ2v) is 5.97. The fraction of sp³-hybridized carbons (Fsp3) is 0.500. The number of hydrogen-bond acceptors (Lipinski definition) is 4. The van der Waals surface area contributed by atoms with Gasteiger partial charge in [0.1, 0.15) is 18.2 Å². The lowest BCUT2D eigenvalue weighted by molar-refractivity contribution is -0.133. The maximum atomic E-state index is 13.9. The highest BCUT2D eigenvalue weighted by Crippen LogP contribution is 2.37. The van der Waals surface area contributed by atoms with Crippen LogP contribution in [0.15, 0.2) is 16.6 Å². The SMILES string of the molecule is COc1cc(Br)c(F)cc1N1C(=O)CO[C@@H]2CNCC[C@H]21. The standard InChI is InChI=1S/C14H16BrFN2O3/c1-20-12-4-8(15)9(16)5-11(12)18-10-2-3-17-6-13(10)21-7-14(18)19/h4-5,10,13,17H,2-3,6-7H2,1H3/t10-,13-/m1/s1. The molecule has 0 bridgehead atoms. The van der Waals surface area contributed by atoms with E-state index >= 15 is 0 Å². The molecule has 1 N–H and O–H groups in total. The fourth-order valence-corrected chi connectivity index (χ4v) is 3.22. The zero-order valence-electron chi connectivity index (χ0n) is 11.6. The third kappa shape index (κ3) is 2.65. The fourth-order valence-electron chi connectivity index (χ4n) is 2.90. The number of hydrogen-bond donors (Lipinski definition) is 1. The lowest BCUT2D eigenvalue weighted by Gasteiger charge is -2.43. The number of piperidine rings is 1. The van der Waals surface area contributed by atoms with Gasteiger partial charge in [0.2, 0.25) is 0 Å². The van der Waals surface area contributed by atoms with Crippen molar-refractivity contribution in [3.8, 4) is 5.75 Å². The molecule has 5 nitrogen and oxygen atoms in total. The summed E-state index contributed by atoms with van der Waals surface area (Å²) in [6.45, 7) is 1.50. The highest BCUT2D eigenvalue weighted by molar-refractivity contribution is 9.10. The van der Waals surface area contributed by atoms with Crippen molar-refractivity contribution in [3.05, 3.63) is 22.4 Å². The Bertz CT molecular complexity index is 569. The monoisotopic (exact) mass is 358 g/mol. The largest absolute Gasteiger partial charge is 0.495 e. The first-order valence-corrected chi connectivity index (χ1v) is 7.58. The average molecular weight is 359 g/mol. The summed E-state index contributed by atoms with van der Waals surface area (Å²) in [7, 11) is 1.51. The molecule has 7 heteroatoms. The summed E-state index contributed by atoms with van der Waals surface area (Å²) in [4.78, 5) is 13.9. The van der Waals surface area contributed by atoms with E-state index in [9.17, 15) is 9.18 Å². The molecule has 2 atom stereocenters. The van der Waals surface area contributed by atoms with Gasteiger partial charge in [-0.1, -0.05) is 0 Å². The molecule has 0 saturated carbocycles. The molecule has 21 heavy (non-hydrogen) atoms. The van der Waals surface area contributed by atoms with Crippen molar-refractivity contribution in [2.45, 2.75) is 18.6 Å². The molecule has 0 unspecified atom stereocenters. The van der Waals surface area contributed by atoms with E-state index in [-0.39, 0.29) is 24.7 Å². The number of nitrogens with one attached hydrogen (secondary N) is 1. The van der Waals surface area contributed by atoms with Crippen LogP contribution in [0.4, 0.5) is 10.1 Å². The Morgan fingerprint density at radius 3 is 3.10 bits per heavy atom. The van der Waals surface area contributed by atoms with Gasteiger partial charge in [0.05, 0.1) is 29.4 Å². The molecule has 2 aliphatic heterocycles. The summed E-state index contributed by atoms with van der Waals surface area (Å²) < 4.78 is 25.1. The van der Waals surface area contributed by atoms with Crippen molar-refractivity contribution in [1.82, 2.24) is 5.32 Å². The number of anilines is 1. The zero-order valence-corrected chi connectivity index (χ0v) is 13.2. The first-order chi connectivity index (χ1) is 10.1. The van der Waals surface area contributed by atoms with Crippen molar-refractivity contribution in [2.24, 2.45) is 0 Å².